The van der Waals surface area contributed by atoms with E-state index >= 15 is 0 Å². The molecule has 0 N–H and O–H groups in total. The summed E-state index contributed by atoms with van der Waals surface area (Å²) in [5.74, 6) is 5.76. The summed E-state index contributed by atoms with van der Waals surface area (Å²) in [6, 6.07) is 32.3. The summed E-state index contributed by atoms with van der Waals surface area (Å²) in [5, 5.41) is 0. The molecule has 0 spiro atoms. The van der Waals surface area contributed by atoms with Crippen LogP contribution in [0.5, 0.6) is 5.75 Å². The molecule has 0 bridgehead atoms. The Morgan fingerprint density at radius 2 is 1.48 bits per heavy atom. The standard InChI is InChI=1S/C35H31NO4/c1-25-20-21-29-24-36(34(37)32(27-16-8-4-9-17-27)28-18-10-5-11-19-28)31(35(38)39-2)23-30(29)33(25)40-22-12-15-26-13-6-3-7-14-26/h3-11,13-14,16-21,31-32H,22-24H2,1-2H3/t31-/m0/s1. The molecule has 0 aromatic heterocycles. The van der Waals surface area contributed by atoms with Gasteiger partial charge < -0.3 is 14.4 Å². The Kier molecular flexibility index (Phi) is 8.27. The minimum Gasteiger partial charge on any atom is -0.480 e. The molecular formula is C35H31NO4. The van der Waals surface area contributed by atoms with Gasteiger partial charge in [-0.25, -0.2) is 4.79 Å². The summed E-state index contributed by atoms with van der Waals surface area (Å²) in [6.45, 7) is 2.46. The van der Waals surface area contributed by atoms with Crippen molar-refractivity contribution in [1.29, 1.82) is 0 Å². The SMILES string of the molecule is COC(=O)[C@@H]1Cc2c(ccc(C)c2OCC#Cc2ccccc2)CN1C(=O)C(c1ccccc1)c1ccccc1. The molecule has 0 saturated carbocycles. The minimum atomic E-state index is -0.778. The van der Waals surface area contributed by atoms with Crippen LogP contribution in [0.1, 0.15) is 39.3 Å². The van der Waals surface area contributed by atoms with Gasteiger partial charge in [-0.3, -0.25) is 4.79 Å². The molecule has 0 unspecified atom stereocenters. The molecule has 40 heavy (non-hydrogen) atoms. The number of hydrogen-bond acceptors (Lipinski definition) is 4. The fraction of sp³-hybridized carbons (Fsp3) is 0.200. The Morgan fingerprint density at radius 1 is 0.875 bits per heavy atom. The number of carbonyl (C=O) groups is 2. The zero-order valence-electron chi connectivity index (χ0n) is 22.7. The van der Waals surface area contributed by atoms with Crippen molar-refractivity contribution in [2.75, 3.05) is 13.7 Å². The van der Waals surface area contributed by atoms with Crippen LogP contribution in [0.3, 0.4) is 0 Å². The van der Waals surface area contributed by atoms with Crippen molar-refractivity contribution in [3.05, 3.63) is 137 Å². The third-order valence-electron chi connectivity index (χ3n) is 7.23. The summed E-state index contributed by atoms with van der Waals surface area (Å²) >= 11 is 0. The van der Waals surface area contributed by atoms with Crippen LogP contribution in [0, 0.1) is 18.8 Å². The molecule has 0 saturated heterocycles. The second-order valence-corrected chi connectivity index (χ2v) is 9.77. The number of benzene rings is 4. The molecule has 1 atom stereocenters. The van der Waals surface area contributed by atoms with Crippen LogP contribution in [0.15, 0.2) is 103 Å². The predicted molar refractivity (Wildman–Crippen MR) is 155 cm³/mol. The number of nitrogens with zero attached hydrogens (tertiary/aromatic N) is 1. The van der Waals surface area contributed by atoms with E-state index < -0.39 is 17.9 Å². The van der Waals surface area contributed by atoms with Gasteiger partial charge in [-0.2, -0.15) is 0 Å². The van der Waals surface area contributed by atoms with E-state index in [0.29, 0.717) is 12.2 Å². The molecule has 4 aromatic rings. The second-order valence-electron chi connectivity index (χ2n) is 9.77. The van der Waals surface area contributed by atoms with Gasteiger partial charge in [0.1, 0.15) is 18.4 Å². The molecule has 4 aromatic carbocycles. The molecule has 0 fully saturated rings. The topological polar surface area (TPSA) is 55.8 Å². The summed E-state index contributed by atoms with van der Waals surface area (Å²) in [7, 11) is 1.36. The number of esters is 1. The van der Waals surface area contributed by atoms with Gasteiger partial charge in [0, 0.05) is 24.1 Å². The first-order valence-corrected chi connectivity index (χ1v) is 13.3. The highest BCUT2D eigenvalue weighted by Crippen LogP contribution is 2.36. The third-order valence-corrected chi connectivity index (χ3v) is 7.23. The van der Waals surface area contributed by atoms with Gasteiger partial charge in [0.25, 0.3) is 0 Å². The molecule has 1 aliphatic rings. The molecule has 1 heterocycles. The molecule has 1 aliphatic heterocycles. The second kappa shape index (κ2) is 12.4. The lowest BCUT2D eigenvalue weighted by Gasteiger charge is -2.38. The number of rotatable bonds is 6. The Morgan fingerprint density at radius 3 is 2.08 bits per heavy atom. The molecular weight excluding hydrogens is 498 g/mol. The van der Waals surface area contributed by atoms with E-state index in [-0.39, 0.29) is 19.1 Å². The van der Waals surface area contributed by atoms with Crippen molar-refractivity contribution in [3.8, 4) is 17.6 Å². The molecule has 5 nitrogen and oxygen atoms in total. The number of hydrogen-bond donors (Lipinski definition) is 0. The molecule has 1 amide bonds. The van der Waals surface area contributed by atoms with Gasteiger partial charge in [-0.05, 0) is 41.3 Å². The van der Waals surface area contributed by atoms with Crippen LogP contribution < -0.4 is 4.74 Å². The number of fused-ring (bicyclic) bond motifs is 1. The fourth-order valence-corrected chi connectivity index (χ4v) is 5.24. The summed E-state index contributed by atoms with van der Waals surface area (Å²) in [6.07, 6.45) is 0.299. The van der Waals surface area contributed by atoms with E-state index in [1.807, 2.05) is 110 Å². The Bertz CT molecular complexity index is 1500. The van der Waals surface area contributed by atoms with Gasteiger partial charge >= 0.3 is 5.97 Å². The number of aryl methyl sites for hydroxylation is 1. The highest BCUT2D eigenvalue weighted by atomic mass is 16.5. The summed E-state index contributed by atoms with van der Waals surface area (Å²) < 4.78 is 11.4. The largest absolute Gasteiger partial charge is 0.480 e. The van der Waals surface area contributed by atoms with E-state index in [1.165, 1.54) is 7.11 Å². The van der Waals surface area contributed by atoms with Gasteiger partial charge in [0.2, 0.25) is 5.91 Å². The van der Waals surface area contributed by atoms with Crippen LogP contribution in [0.2, 0.25) is 0 Å². The van der Waals surface area contributed by atoms with Gasteiger partial charge in [-0.15, -0.1) is 0 Å². The summed E-state index contributed by atoms with van der Waals surface area (Å²) in [5.41, 5.74) is 5.48. The van der Waals surface area contributed by atoms with Crippen LogP contribution in [-0.4, -0.2) is 36.5 Å². The lowest BCUT2D eigenvalue weighted by Crippen LogP contribution is -2.50. The first-order valence-electron chi connectivity index (χ1n) is 13.3. The fourth-order valence-electron chi connectivity index (χ4n) is 5.24. The summed E-state index contributed by atoms with van der Waals surface area (Å²) in [4.78, 5) is 29.1. The predicted octanol–water partition coefficient (Wildman–Crippen LogP) is 5.68. The zero-order valence-corrected chi connectivity index (χ0v) is 22.7. The van der Waals surface area contributed by atoms with Crippen molar-refractivity contribution < 1.29 is 19.1 Å². The van der Waals surface area contributed by atoms with Gasteiger partial charge in [0.05, 0.1) is 13.0 Å². The van der Waals surface area contributed by atoms with Crippen molar-refractivity contribution in [3.63, 3.8) is 0 Å². The number of carbonyl (C=O) groups excluding carboxylic acids is 2. The number of amides is 1. The quantitative estimate of drug-likeness (QED) is 0.238. The first kappa shape index (κ1) is 26.8. The zero-order chi connectivity index (χ0) is 27.9. The van der Waals surface area contributed by atoms with E-state index in [0.717, 1.165) is 33.4 Å². The number of ether oxygens (including phenoxy) is 2. The molecule has 5 rings (SSSR count). The lowest BCUT2D eigenvalue weighted by molar-refractivity contribution is -0.154. The lowest BCUT2D eigenvalue weighted by atomic mass is 9.86. The highest BCUT2D eigenvalue weighted by molar-refractivity contribution is 5.91. The van der Waals surface area contributed by atoms with Crippen molar-refractivity contribution in [2.45, 2.75) is 31.8 Å². The molecule has 0 radical (unpaired) electrons. The van der Waals surface area contributed by atoms with E-state index in [4.69, 9.17) is 9.47 Å². The van der Waals surface area contributed by atoms with E-state index in [2.05, 4.69) is 11.8 Å². The average Bonchev–Trinajstić information content (AvgIpc) is 3.01. The van der Waals surface area contributed by atoms with Crippen molar-refractivity contribution in [1.82, 2.24) is 4.90 Å². The molecule has 200 valence electrons. The van der Waals surface area contributed by atoms with Crippen LogP contribution in [0.4, 0.5) is 0 Å². The maximum atomic E-state index is 14.3. The first-order chi connectivity index (χ1) is 19.6. The maximum absolute atomic E-state index is 14.3. The number of methoxy groups -OCH3 is 1. The van der Waals surface area contributed by atoms with E-state index in [9.17, 15) is 9.59 Å². The Balaban J connectivity index is 1.47. The van der Waals surface area contributed by atoms with Crippen molar-refractivity contribution >= 4 is 11.9 Å². The highest BCUT2D eigenvalue weighted by Gasteiger charge is 2.40. The van der Waals surface area contributed by atoms with Gasteiger partial charge in [0.15, 0.2) is 0 Å². The Hall–Kier alpha value is -4.82. The average molecular weight is 530 g/mol. The molecule has 0 aliphatic carbocycles. The Labute approximate surface area is 235 Å². The minimum absolute atomic E-state index is 0.143. The normalized spacial score (nSPS) is 14.1. The monoisotopic (exact) mass is 529 g/mol. The van der Waals surface area contributed by atoms with Crippen LogP contribution in [-0.2, 0) is 27.3 Å². The van der Waals surface area contributed by atoms with Crippen LogP contribution >= 0.6 is 0 Å². The van der Waals surface area contributed by atoms with Gasteiger partial charge in [-0.1, -0.05) is 103 Å². The van der Waals surface area contributed by atoms with E-state index in [1.54, 1.807) is 4.90 Å². The smallest absolute Gasteiger partial charge is 0.328 e. The maximum Gasteiger partial charge on any atom is 0.328 e. The van der Waals surface area contributed by atoms with Crippen molar-refractivity contribution in [2.24, 2.45) is 0 Å². The van der Waals surface area contributed by atoms with Crippen LogP contribution in [0.25, 0.3) is 0 Å². The molecule has 5 heteroatoms. The third kappa shape index (κ3) is 5.77.